The monoisotopic (exact) mass is 547 g/mol. The van der Waals surface area contributed by atoms with Gasteiger partial charge in [0.25, 0.3) is 0 Å². The van der Waals surface area contributed by atoms with Gasteiger partial charge in [0.15, 0.2) is 31.4 Å². The van der Waals surface area contributed by atoms with Crippen LogP contribution in [0.15, 0.2) is 77.6 Å². The Bertz CT molecular complexity index is 1410. The van der Waals surface area contributed by atoms with Crippen molar-refractivity contribution in [1.29, 1.82) is 0 Å². The molecule has 0 amide bonds. The maximum Gasteiger partial charge on any atom is 0.189 e. The third-order valence-electron chi connectivity index (χ3n) is 4.06. The first-order valence-corrected chi connectivity index (χ1v) is 13.5. The van der Waals surface area contributed by atoms with Crippen LogP contribution in [0.5, 0.6) is 0 Å². The normalized spacial score (nSPS) is 10.2. The molecule has 15 heteroatoms. The largest absolute Gasteiger partial charge is 0.244 e. The van der Waals surface area contributed by atoms with E-state index in [2.05, 4.69) is 54.8 Å². The summed E-state index contributed by atoms with van der Waals surface area (Å²) in [5.41, 5.74) is 10.2. The highest BCUT2D eigenvalue weighted by atomic mass is 32.1. The summed E-state index contributed by atoms with van der Waals surface area (Å²) in [7, 11) is 0. The van der Waals surface area contributed by atoms with Crippen LogP contribution in [0.4, 0.5) is 0 Å². The van der Waals surface area contributed by atoms with Gasteiger partial charge in [0.2, 0.25) is 0 Å². The topological polar surface area (TPSA) is 142 Å². The van der Waals surface area contributed by atoms with Crippen molar-refractivity contribution in [2.45, 2.75) is 0 Å². The second kappa shape index (κ2) is 12.1. The number of hydrogen-bond acceptors (Lipinski definition) is 15. The standard InChI is InChI=1S/C6H4N2S.3C5H3N3S/c1-2-5-6(7-3-1)9-4-8-5;3*1-2-7-5-4(6-1)8-3-9-5/h1-4H;3*1-3H. The van der Waals surface area contributed by atoms with E-state index in [9.17, 15) is 0 Å². The first kappa shape index (κ1) is 23.7. The van der Waals surface area contributed by atoms with E-state index < -0.39 is 0 Å². The Morgan fingerprint density at radius 3 is 1.19 bits per heavy atom. The fourth-order valence-electron chi connectivity index (χ4n) is 2.55. The quantitative estimate of drug-likeness (QED) is 0.254. The zero-order valence-electron chi connectivity index (χ0n) is 18.1. The molecule has 11 nitrogen and oxygen atoms in total. The molecule has 176 valence electrons. The van der Waals surface area contributed by atoms with Crippen LogP contribution in [-0.2, 0) is 0 Å². The fourth-order valence-corrected chi connectivity index (χ4v) is 4.94. The van der Waals surface area contributed by atoms with Crippen molar-refractivity contribution >= 4 is 87.1 Å². The number of aromatic nitrogens is 11. The van der Waals surface area contributed by atoms with Crippen LogP contribution in [0.2, 0.25) is 0 Å². The molecule has 0 aliphatic rings. The van der Waals surface area contributed by atoms with Crippen molar-refractivity contribution in [3.05, 3.63) is 77.6 Å². The van der Waals surface area contributed by atoms with Crippen molar-refractivity contribution in [3.63, 3.8) is 0 Å². The molecule has 0 saturated heterocycles. The molecule has 0 fully saturated rings. The predicted molar refractivity (Wildman–Crippen MR) is 143 cm³/mol. The summed E-state index contributed by atoms with van der Waals surface area (Å²) in [4.78, 5) is 47.8. The average molecular weight is 548 g/mol. The number of hydrogen-bond donors (Lipinski definition) is 0. The van der Waals surface area contributed by atoms with Gasteiger partial charge >= 0.3 is 0 Å². The molecule has 0 atom stereocenters. The molecule has 0 aromatic carbocycles. The molecule has 0 radical (unpaired) electrons. The highest BCUT2D eigenvalue weighted by Gasteiger charge is 1.95. The maximum atomic E-state index is 4.10. The fraction of sp³-hybridized carbons (Fsp3) is 0. The lowest BCUT2D eigenvalue weighted by Gasteiger charge is -1.80. The van der Waals surface area contributed by atoms with Crippen molar-refractivity contribution in [3.8, 4) is 0 Å². The third-order valence-corrected chi connectivity index (χ3v) is 6.98. The molecule has 8 rings (SSSR count). The number of rotatable bonds is 0. The smallest absolute Gasteiger partial charge is 0.189 e. The molecule has 0 saturated carbocycles. The molecule has 8 heterocycles. The van der Waals surface area contributed by atoms with Gasteiger partial charge < -0.3 is 0 Å². The van der Waals surface area contributed by atoms with Crippen LogP contribution in [-0.4, -0.2) is 54.8 Å². The Labute approximate surface area is 218 Å². The Balaban J connectivity index is 0.0000000988. The first-order chi connectivity index (χ1) is 17.9. The highest BCUT2D eigenvalue weighted by molar-refractivity contribution is 7.17. The molecule has 0 unspecified atom stereocenters. The van der Waals surface area contributed by atoms with E-state index in [0.29, 0.717) is 0 Å². The summed E-state index contributed by atoms with van der Waals surface area (Å²) in [6.45, 7) is 0. The molecule has 0 N–H and O–H groups in total. The lowest BCUT2D eigenvalue weighted by molar-refractivity contribution is 1.26. The van der Waals surface area contributed by atoms with E-state index in [1.165, 1.54) is 34.0 Å². The Morgan fingerprint density at radius 1 is 0.361 bits per heavy atom. The van der Waals surface area contributed by atoms with Crippen molar-refractivity contribution < 1.29 is 0 Å². The van der Waals surface area contributed by atoms with Gasteiger partial charge in [-0.3, -0.25) is 0 Å². The van der Waals surface area contributed by atoms with E-state index >= 15 is 0 Å². The van der Waals surface area contributed by atoms with Crippen LogP contribution in [0, 0.1) is 0 Å². The van der Waals surface area contributed by atoms with Crippen LogP contribution in [0.1, 0.15) is 0 Å². The van der Waals surface area contributed by atoms with Crippen LogP contribution < -0.4 is 0 Å². The number of nitrogens with zero attached hydrogens (tertiary/aromatic N) is 11. The van der Waals surface area contributed by atoms with Gasteiger partial charge in [-0.15, -0.1) is 45.3 Å². The second-order valence-corrected chi connectivity index (χ2v) is 9.63. The predicted octanol–water partition coefficient (Wildman–Crippen LogP) is 4.95. The Morgan fingerprint density at radius 2 is 0.750 bits per heavy atom. The molecule has 8 aromatic heterocycles. The number of thiazole rings is 4. The Hall–Kier alpha value is -4.05. The van der Waals surface area contributed by atoms with Crippen molar-refractivity contribution in [2.24, 2.45) is 0 Å². The van der Waals surface area contributed by atoms with E-state index in [-0.39, 0.29) is 0 Å². The van der Waals surface area contributed by atoms with E-state index in [1.54, 1.807) is 76.8 Å². The van der Waals surface area contributed by atoms with Crippen LogP contribution in [0.3, 0.4) is 0 Å². The summed E-state index contributed by atoms with van der Waals surface area (Å²) < 4.78 is 0. The zero-order valence-corrected chi connectivity index (χ0v) is 21.3. The van der Waals surface area contributed by atoms with Crippen LogP contribution >= 0.6 is 45.3 Å². The van der Waals surface area contributed by atoms with E-state index in [1.807, 2.05) is 12.1 Å². The second-order valence-electron chi connectivity index (χ2n) is 6.29. The van der Waals surface area contributed by atoms with E-state index in [0.717, 1.165) is 41.8 Å². The van der Waals surface area contributed by atoms with Gasteiger partial charge in [0, 0.05) is 43.4 Å². The molecule has 8 aromatic rings. The minimum absolute atomic E-state index is 0.738. The average Bonchev–Trinajstić information content (AvgIpc) is 3.76. The van der Waals surface area contributed by atoms with E-state index in [4.69, 9.17) is 0 Å². The molecular formula is C21H13N11S4. The Kier molecular flexibility index (Phi) is 7.94. The van der Waals surface area contributed by atoms with Crippen LogP contribution in [0.25, 0.3) is 41.8 Å². The SMILES string of the molecule is c1cnc2scnc2c1.c1cnc2scnc2n1.c1cnc2scnc2n1.c1cnc2scnc2n1. The summed E-state index contributed by atoms with van der Waals surface area (Å²) in [5, 5.41) is 0. The lowest BCUT2D eigenvalue weighted by atomic mass is 10.5. The number of fused-ring (bicyclic) bond motifs is 4. The molecule has 0 bridgehead atoms. The third kappa shape index (κ3) is 6.14. The first-order valence-electron chi connectivity index (χ1n) is 10.0. The zero-order chi connectivity index (χ0) is 24.4. The van der Waals surface area contributed by atoms with Gasteiger partial charge in [-0.1, -0.05) is 0 Å². The lowest BCUT2D eigenvalue weighted by Crippen LogP contribution is -1.75. The number of pyridine rings is 1. The minimum Gasteiger partial charge on any atom is -0.244 e. The minimum atomic E-state index is 0.738. The summed E-state index contributed by atoms with van der Waals surface area (Å²) in [6, 6.07) is 3.85. The summed E-state index contributed by atoms with van der Waals surface area (Å²) in [5.74, 6) is 0. The van der Waals surface area contributed by atoms with Gasteiger partial charge in [-0.25, -0.2) is 54.8 Å². The highest BCUT2D eigenvalue weighted by Crippen LogP contribution is 2.12. The maximum absolute atomic E-state index is 4.10. The summed E-state index contributed by atoms with van der Waals surface area (Å²) >= 11 is 6.07. The van der Waals surface area contributed by atoms with Gasteiger partial charge in [-0.05, 0) is 12.1 Å². The van der Waals surface area contributed by atoms with Gasteiger partial charge in [0.05, 0.1) is 27.6 Å². The molecular weight excluding hydrogens is 535 g/mol. The summed E-state index contributed by atoms with van der Waals surface area (Å²) in [6.07, 6.45) is 11.7. The van der Waals surface area contributed by atoms with Crippen molar-refractivity contribution in [1.82, 2.24) is 54.8 Å². The molecule has 0 spiro atoms. The van der Waals surface area contributed by atoms with Gasteiger partial charge in [-0.2, -0.15) is 0 Å². The molecule has 0 aliphatic heterocycles. The molecule has 36 heavy (non-hydrogen) atoms. The van der Waals surface area contributed by atoms with Gasteiger partial charge in [0.1, 0.15) is 4.83 Å². The molecule has 0 aliphatic carbocycles. The van der Waals surface area contributed by atoms with Crippen molar-refractivity contribution in [2.75, 3.05) is 0 Å².